The standard InChI is InChI=1S/C15H21N3O/c16-12-5-1-2-6-13(12)18-10-8-15(11-18)7-3-4-9-17-14(15)19/h1-2,5-6H,3-4,7-11,16H2,(H,17,19). The van der Waals surface area contributed by atoms with Crippen LogP contribution in [-0.2, 0) is 4.79 Å². The zero-order valence-electron chi connectivity index (χ0n) is 11.2. The summed E-state index contributed by atoms with van der Waals surface area (Å²) in [7, 11) is 0. The Labute approximate surface area is 114 Å². The highest BCUT2D eigenvalue weighted by Gasteiger charge is 2.45. The number of rotatable bonds is 1. The van der Waals surface area contributed by atoms with E-state index in [1.54, 1.807) is 0 Å². The Hall–Kier alpha value is -1.71. The van der Waals surface area contributed by atoms with Crippen molar-refractivity contribution in [2.45, 2.75) is 25.7 Å². The van der Waals surface area contributed by atoms with E-state index in [1.165, 1.54) is 0 Å². The largest absolute Gasteiger partial charge is 0.397 e. The third-order valence-electron chi connectivity index (χ3n) is 4.48. The van der Waals surface area contributed by atoms with Crippen LogP contribution in [0, 0.1) is 5.41 Å². The molecule has 0 aromatic heterocycles. The third kappa shape index (κ3) is 2.15. The van der Waals surface area contributed by atoms with Crippen molar-refractivity contribution in [2.24, 2.45) is 5.41 Å². The Morgan fingerprint density at radius 1 is 1.21 bits per heavy atom. The number of hydrogen-bond donors (Lipinski definition) is 2. The number of carbonyl (C=O) groups is 1. The lowest BCUT2D eigenvalue weighted by atomic mass is 9.82. The molecule has 0 aliphatic carbocycles. The molecular weight excluding hydrogens is 238 g/mol. The summed E-state index contributed by atoms with van der Waals surface area (Å²) in [6, 6.07) is 7.92. The Morgan fingerprint density at radius 3 is 2.89 bits per heavy atom. The molecule has 4 nitrogen and oxygen atoms in total. The molecule has 2 heterocycles. The molecule has 1 aromatic rings. The molecule has 4 heteroatoms. The van der Waals surface area contributed by atoms with Crippen LogP contribution in [0.2, 0.25) is 0 Å². The molecule has 1 atom stereocenters. The van der Waals surface area contributed by atoms with E-state index in [2.05, 4.69) is 10.2 Å². The summed E-state index contributed by atoms with van der Waals surface area (Å²) in [5, 5.41) is 3.07. The molecule has 0 saturated carbocycles. The van der Waals surface area contributed by atoms with Crippen molar-refractivity contribution in [3.63, 3.8) is 0 Å². The quantitative estimate of drug-likeness (QED) is 0.756. The van der Waals surface area contributed by atoms with E-state index in [1.807, 2.05) is 24.3 Å². The van der Waals surface area contributed by atoms with Crippen molar-refractivity contribution < 1.29 is 4.79 Å². The number of nitrogens with zero attached hydrogens (tertiary/aromatic N) is 1. The fraction of sp³-hybridized carbons (Fsp3) is 0.533. The van der Waals surface area contributed by atoms with Crippen LogP contribution in [0.4, 0.5) is 11.4 Å². The van der Waals surface area contributed by atoms with Gasteiger partial charge in [-0.1, -0.05) is 18.6 Å². The minimum atomic E-state index is -0.196. The predicted molar refractivity (Wildman–Crippen MR) is 77.0 cm³/mol. The van der Waals surface area contributed by atoms with Gasteiger partial charge in [-0.15, -0.1) is 0 Å². The molecule has 0 radical (unpaired) electrons. The topological polar surface area (TPSA) is 58.4 Å². The van der Waals surface area contributed by atoms with E-state index in [0.29, 0.717) is 0 Å². The van der Waals surface area contributed by atoms with Crippen LogP contribution >= 0.6 is 0 Å². The number of nitrogens with two attached hydrogens (primary N) is 1. The van der Waals surface area contributed by atoms with Crippen LogP contribution in [-0.4, -0.2) is 25.5 Å². The second-order valence-corrected chi connectivity index (χ2v) is 5.72. The van der Waals surface area contributed by atoms with Crippen LogP contribution in [0.15, 0.2) is 24.3 Å². The fourth-order valence-corrected chi connectivity index (χ4v) is 3.33. The first-order valence-corrected chi connectivity index (χ1v) is 7.09. The first-order valence-electron chi connectivity index (χ1n) is 7.09. The smallest absolute Gasteiger partial charge is 0.228 e. The minimum absolute atomic E-state index is 0.196. The first kappa shape index (κ1) is 12.3. The normalized spacial score (nSPS) is 27.4. The molecule has 1 spiro atoms. The van der Waals surface area contributed by atoms with Gasteiger partial charge in [0.15, 0.2) is 0 Å². The number of hydrogen-bond acceptors (Lipinski definition) is 3. The maximum Gasteiger partial charge on any atom is 0.228 e. The lowest BCUT2D eigenvalue weighted by Crippen LogP contribution is -2.41. The summed E-state index contributed by atoms with van der Waals surface area (Å²) in [5.74, 6) is 0.238. The number of para-hydroxylation sites is 2. The molecule has 2 aliphatic heterocycles. The van der Waals surface area contributed by atoms with Crippen molar-refractivity contribution in [1.82, 2.24) is 5.32 Å². The maximum absolute atomic E-state index is 12.3. The summed E-state index contributed by atoms with van der Waals surface area (Å²) < 4.78 is 0. The van der Waals surface area contributed by atoms with Crippen LogP contribution < -0.4 is 16.0 Å². The van der Waals surface area contributed by atoms with Gasteiger partial charge in [-0.25, -0.2) is 0 Å². The van der Waals surface area contributed by atoms with Gasteiger partial charge >= 0.3 is 0 Å². The highest BCUT2D eigenvalue weighted by Crippen LogP contribution is 2.40. The molecule has 3 rings (SSSR count). The highest BCUT2D eigenvalue weighted by molar-refractivity contribution is 5.85. The summed E-state index contributed by atoms with van der Waals surface area (Å²) in [4.78, 5) is 14.6. The van der Waals surface area contributed by atoms with E-state index < -0.39 is 0 Å². The molecule has 1 aromatic carbocycles. The van der Waals surface area contributed by atoms with E-state index in [4.69, 9.17) is 5.73 Å². The third-order valence-corrected chi connectivity index (χ3v) is 4.48. The van der Waals surface area contributed by atoms with E-state index in [9.17, 15) is 4.79 Å². The second kappa shape index (κ2) is 4.76. The number of anilines is 2. The molecule has 1 unspecified atom stereocenters. The van der Waals surface area contributed by atoms with Crippen LogP contribution in [0.1, 0.15) is 25.7 Å². The summed E-state index contributed by atoms with van der Waals surface area (Å²) in [6.45, 7) is 2.54. The monoisotopic (exact) mass is 259 g/mol. The van der Waals surface area contributed by atoms with Gasteiger partial charge in [0.25, 0.3) is 0 Å². The van der Waals surface area contributed by atoms with Gasteiger partial charge in [-0.3, -0.25) is 4.79 Å². The van der Waals surface area contributed by atoms with Crippen LogP contribution in [0.25, 0.3) is 0 Å². The molecule has 2 fully saturated rings. The van der Waals surface area contributed by atoms with Gasteiger partial charge < -0.3 is 16.0 Å². The van der Waals surface area contributed by atoms with Gasteiger partial charge in [-0.05, 0) is 31.4 Å². The first-order chi connectivity index (χ1) is 9.21. The maximum atomic E-state index is 12.3. The lowest BCUT2D eigenvalue weighted by molar-refractivity contribution is -0.129. The van der Waals surface area contributed by atoms with E-state index >= 15 is 0 Å². The van der Waals surface area contributed by atoms with Crippen molar-refractivity contribution in [3.05, 3.63) is 24.3 Å². The fourth-order valence-electron chi connectivity index (χ4n) is 3.33. The van der Waals surface area contributed by atoms with Gasteiger partial charge in [0.2, 0.25) is 5.91 Å². The van der Waals surface area contributed by atoms with Gasteiger partial charge in [0.05, 0.1) is 16.8 Å². The number of amides is 1. The number of benzene rings is 1. The molecule has 102 valence electrons. The Kier molecular flexibility index (Phi) is 3.09. The van der Waals surface area contributed by atoms with Gasteiger partial charge in [0.1, 0.15) is 0 Å². The molecule has 3 N–H and O–H groups in total. The average molecular weight is 259 g/mol. The van der Waals surface area contributed by atoms with Crippen molar-refractivity contribution in [1.29, 1.82) is 0 Å². The molecule has 1 amide bonds. The molecule has 2 aliphatic rings. The van der Waals surface area contributed by atoms with Crippen molar-refractivity contribution in [3.8, 4) is 0 Å². The zero-order chi connectivity index (χ0) is 13.3. The second-order valence-electron chi connectivity index (χ2n) is 5.72. The predicted octanol–water partition coefficient (Wildman–Crippen LogP) is 1.77. The number of nitrogen functional groups attached to an aromatic ring is 1. The lowest BCUT2D eigenvalue weighted by Gasteiger charge is -2.27. The molecule has 19 heavy (non-hydrogen) atoms. The summed E-state index contributed by atoms with van der Waals surface area (Å²) >= 11 is 0. The van der Waals surface area contributed by atoms with Crippen molar-refractivity contribution >= 4 is 17.3 Å². The summed E-state index contributed by atoms with van der Waals surface area (Å²) in [6.07, 6.45) is 4.17. The Morgan fingerprint density at radius 2 is 2.05 bits per heavy atom. The number of carbonyl (C=O) groups excluding carboxylic acids is 1. The van der Waals surface area contributed by atoms with Crippen LogP contribution in [0.3, 0.4) is 0 Å². The van der Waals surface area contributed by atoms with E-state index in [0.717, 1.165) is 56.7 Å². The van der Waals surface area contributed by atoms with Crippen LogP contribution in [0.5, 0.6) is 0 Å². The number of nitrogens with one attached hydrogen (secondary N) is 1. The zero-order valence-corrected chi connectivity index (χ0v) is 11.2. The molecule has 2 saturated heterocycles. The Bertz CT molecular complexity index is 488. The Balaban J connectivity index is 1.83. The molecular formula is C15H21N3O. The average Bonchev–Trinajstić information content (AvgIpc) is 2.75. The minimum Gasteiger partial charge on any atom is -0.397 e. The SMILES string of the molecule is Nc1ccccc1N1CCC2(CCCCNC2=O)C1. The molecule has 0 bridgehead atoms. The van der Waals surface area contributed by atoms with Gasteiger partial charge in [-0.2, -0.15) is 0 Å². The van der Waals surface area contributed by atoms with E-state index in [-0.39, 0.29) is 11.3 Å². The van der Waals surface area contributed by atoms with Gasteiger partial charge in [0, 0.05) is 19.6 Å². The van der Waals surface area contributed by atoms with Crippen molar-refractivity contribution in [2.75, 3.05) is 30.3 Å². The summed E-state index contributed by atoms with van der Waals surface area (Å²) in [5.41, 5.74) is 7.71. The highest BCUT2D eigenvalue weighted by atomic mass is 16.2.